The summed E-state index contributed by atoms with van der Waals surface area (Å²) in [6.07, 6.45) is 17.6. The summed E-state index contributed by atoms with van der Waals surface area (Å²) in [5, 5.41) is 0. The molecule has 0 spiro atoms. The fraction of sp³-hybridized carbons (Fsp3) is 0.688. The molecule has 92 valence electrons. The molecular weight excluding hydrogens is 206 g/mol. The minimum Gasteiger partial charge on any atom is -0.266 e. The quantitative estimate of drug-likeness (QED) is 0.611. The van der Waals surface area contributed by atoms with Gasteiger partial charge in [-0.3, -0.25) is 4.99 Å². The van der Waals surface area contributed by atoms with Crippen molar-refractivity contribution in [2.45, 2.75) is 58.3 Å². The molecule has 0 radical (unpaired) electrons. The first kappa shape index (κ1) is 11.3. The van der Waals surface area contributed by atoms with E-state index in [1.54, 1.807) is 5.57 Å². The van der Waals surface area contributed by atoms with Gasteiger partial charge in [-0.25, -0.2) is 0 Å². The molecule has 1 nitrogen and oxygen atoms in total. The zero-order valence-electron chi connectivity index (χ0n) is 10.9. The van der Waals surface area contributed by atoms with Crippen LogP contribution >= 0.6 is 0 Å². The van der Waals surface area contributed by atoms with Crippen LogP contribution in [0.25, 0.3) is 0 Å². The summed E-state index contributed by atoms with van der Waals surface area (Å²) in [5.41, 5.74) is 3.65. The maximum Gasteiger partial charge on any atom is 0.0369 e. The van der Waals surface area contributed by atoms with Crippen LogP contribution in [0.1, 0.15) is 58.3 Å². The molecule has 1 heterocycles. The molecule has 17 heavy (non-hydrogen) atoms. The summed E-state index contributed by atoms with van der Waals surface area (Å²) in [4.78, 5) is 4.46. The Bertz CT molecular complexity index is 388. The fourth-order valence-corrected chi connectivity index (χ4v) is 3.71. The van der Waals surface area contributed by atoms with Gasteiger partial charge in [-0.1, -0.05) is 31.1 Å². The Labute approximate surface area is 105 Å². The molecule has 1 saturated carbocycles. The number of nitrogens with zero attached hydrogens (tertiary/aromatic N) is 1. The summed E-state index contributed by atoms with van der Waals surface area (Å²) >= 11 is 0. The normalized spacial score (nSPS) is 36.4. The number of aliphatic imine (C=N–C) groups is 1. The molecule has 0 saturated heterocycles. The first-order valence-electron chi connectivity index (χ1n) is 7.19. The van der Waals surface area contributed by atoms with Gasteiger partial charge in [0, 0.05) is 18.3 Å². The van der Waals surface area contributed by atoms with Crippen molar-refractivity contribution in [3.63, 3.8) is 0 Å². The van der Waals surface area contributed by atoms with Crippen LogP contribution in [0.2, 0.25) is 0 Å². The van der Waals surface area contributed by atoms with Crippen molar-refractivity contribution in [3.05, 3.63) is 23.4 Å². The lowest BCUT2D eigenvalue weighted by Crippen LogP contribution is -2.28. The van der Waals surface area contributed by atoms with E-state index in [1.807, 2.05) is 6.21 Å². The average molecular weight is 229 g/mol. The van der Waals surface area contributed by atoms with Gasteiger partial charge in [-0.05, 0) is 49.9 Å². The maximum absolute atomic E-state index is 4.46. The monoisotopic (exact) mass is 229 g/mol. The van der Waals surface area contributed by atoms with Gasteiger partial charge < -0.3 is 0 Å². The third-order valence-electron chi connectivity index (χ3n) is 4.89. The van der Waals surface area contributed by atoms with Crippen LogP contribution in [-0.2, 0) is 0 Å². The minimum absolute atomic E-state index is 0.558. The number of rotatable bonds is 2. The van der Waals surface area contributed by atoms with E-state index >= 15 is 0 Å². The van der Waals surface area contributed by atoms with E-state index in [-0.39, 0.29) is 0 Å². The number of hydrogen-bond acceptors (Lipinski definition) is 1. The van der Waals surface area contributed by atoms with Gasteiger partial charge in [0.25, 0.3) is 0 Å². The number of allylic oxidation sites excluding steroid dienone is 4. The Kier molecular flexibility index (Phi) is 2.94. The lowest BCUT2D eigenvalue weighted by molar-refractivity contribution is 0.241. The van der Waals surface area contributed by atoms with Crippen LogP contribution in [0.5, 0.6) is 0 Å². The largest absolute Gasteiger partial charge is 0.266 e. The lowest BCUT2D eigenvalue weighted by atomic mass is 9.64. The fourth-order valence-electron chi connectivity index (χ4n) is 3.71. The van der Waals surface area contributed by atoms with Gasteiger partial charge in [0.1, 0.15) is 0 Å². The standard InChI is InChI=1S/C16H23N/c1-16-8-3-2-5-14(16)11-13(7-9-16)12-15-6-4-10-17-15/h6,10-11,13H,2-5,7-9,12H2,1H3. The SMILES string of the molecule is CC12CCCCC1=CC(CC1=CCC=N1)CC2. The van der Waals surface area contributed by atoms with E-state index in [2.05, 4.69) is 24.1 Å². The van der Waals surface area contributed by atoms with Crippen molar-refractivity contribution in [3.8, 4) is 0 Å². The summed E-state index contributed by atoms with van der Waals surface area (Å²) < 4.78 is 0. The van der Waals surface area contributed by atoms with E-state index in [1.165, 1.54) is 50.6 Å². The van der Waals surface area contributed by atoms with Crippen molar-refractivity contribution in [1.29, 1.82) is 0 Å². The Morgan fingerprint density at radius 2 is 2.29 bits per heavy atom. The van der Waals surface area contributed by atoms with Gasteiger partial charge in [0.2, 0.25) is 0 Å². The highest BCUT2D eigenvalue weighted by atomic mass is 14.7. The van der Waals surface area contributed by atoms with Gasteiger partial charge in [0.05, 0.1) is 0 Å². The van der Waals surface area contributed by atoms with Crippen molar-refractivity contribution >= 4 is 6.21 Å². The average Bonchev–Trinajstić information content (AvgIpc) is 2.82. The molecule has 2 unspecified atom stereocenters. The zero-order valence-corrected chi connectivity index (χ0v) is 10.9. The molecule has 2 atom stereocenters. The van der Waals surface area contributed by atoms with Crippen LogP contribution in [0.3, 0.4) is 0 Å². The molecule has 3 aliphatic rings. The van der Waals surface area contributed by atoms with Crippen LogP contribution < -0.4 is 0 Å². The van der Waals surface area contributed by atoms with E-state index in [0.29, 0.717) is 5.41 Å². The third-order valence-corrected chi connectivity index (χ3v) is 4.89. The van der Waals surface area contributed by atoms with Crippen LogP contribution in [0.15, 0.2) is 28.4 Å². The van der Waals surface area contributed by atoms with E-state index < -0.39 is 0 Å². The molecule has 0 aromatic carbocycles. The molecule has 0 aromatic rings. The summed E-state index contributed by atoms with van der Waals surface area (Å²) in [7, 11) is 0. The van der Waals surface area contributed by atoms with Gasteiger partial charge in [-0.2, -0.15) is 0 Å². The molecule has 0 bridgehead atoms. The number of fused-ring (bicyclic) bond motifs is 1. The Balaban J connectivity index is 1.72. The van der Waals surface area contributed by atoms with Crippen LogP contribution in [0.4, 0.5) is 0 Å². The predicted octanol–water partition coefficient (Wildman–Crippen LogP) is 4.65. The van der Waals surface area contributed by atoms with Crippen LogP contribution in [0, 0.1) is 11.3 Å². The molecular formula is C16H23N. The Morgan fingerprint density at radius 1 is 1.35 bits per heavy atom. The summed E-state index contributed by atoms with van der Waals surface area (Å²) in [6, 6.07) is 0. The maximum atomic E-state index is 4.46. The van der Waals surface area contributed by atoms with Crippen molar-refractivity contribution < 1.29 is 0 Å². The second-order valence-electron chi connectivity index (χ2n) is 6.21. The topological polar surface area (TPSA) is 12.4 Å². The van der Waals surface area contributed by atoms with Crippen molar-refractivity contribution in [2.24, 2.45) is 16.3 Å². The predicted molar refractivity (Wildman–Crippen MR) is 73.2 cm³/mol. The van der Waals surface area contributed by atoms with Gasteiger partial charge in [0.15, 0.2) is 0 Å². The molecule has 0 aromatic heterocycles. The molecule has 0 amide bonds. The smallest absolute Gasteiger partial charge is 0.0369 e. The molecule has 1 fully saturated rings. The highest BCUT2D eigenvalue weighted by Gasteiger charge is 2.35. The summed E-state index contributed by atoms with van der Waals surface area (Å²) in [5.74, 6) is 0.762. The zero-order chi connectivity index (χ0) is 11.7. The minimum atomic E-state index is 0.558. The second kappa shape index (κ2) is 4.44. The van der Waals surface area contributed by atoms with Gasteiger partial charge >= 0.3 is 0 Å². The van der Waals surface area contributed by atoms with E-state index in [0.717, 1.165) is 12.3 Å². The Morgan fingerprint density at radius 3 is 3.12 bits per heavy atom. The first-order chi connectivity index (χ1) is 8.26. The second-order valence-corrected chi connectivity index (χ2v) is 6.21. The van der Waals surface area contributed by atoms with Crippen molar-refractivity contribution in [1.82, 2.24) is 0 Å². The molecule has 2 aliphatic carbocycles. The third kappa shape index (κ3) is 2.25. The Hall–Kier alpha value is -0.850. The first-order valence-corrected chi connectivity index (χ1v) is 7.19. The molecule has 1 heteroatoms. The van der Waals surface area contributed by atoms with E-state index in [4.69, 9.17) is 0 Å². The molecule has 1 aliphatic heterocycles. The highest BCUT2D eigenvalue weighted by molar-refractivity contribution is 5.64. The summed E-state index contributed by atoms with van der Waals surface area (Å²) in [6.45, 7) is 2.49. The lowest BCUT2D eigenvalue weighted by Gasteiger charge is -2.41. The van der Waals surface area contributed by atoms with E-state index in [9.17, 15) is 0 Å². The van der Waals surface area contributed by atoms with Crippen molar-refractivity contribution in [2.75, 3.05) is 0 Å². The van der Waals surface area contributed by atoms with Crippen LogP contribution in [-0.4, -0.2) is 6.21 Å². The number of hydrogen-bond donors (Lipinski definition) is 0. The highest BCUT2D eigenvalue weighted by Crippen LogP contribution is 2.49. The molecule has 3 rings (SSSR count). The molecule has 0 N–H and O–H groups in total. The van der Waals surface area contributed by atoms with Gasteiger partial charge in [-0.15, -0.1) is 0 Å².